The Hall–Kier alpha value is -2.31. The number of halogens is 1. The second kappa shape index (κ2) is 6.30. The number of rotatable bonds is 4. The summed E-state index contributed by atoms with van der Waals surface area (Å²) in [4.78, 5) is 9.10. The predicted octanol–water partition coefficient (Wildman–Crippen LogP) is 4.37. The molecule has 0 amide bonds. The minimum absolute atomic E-state index is 0.691. The van der Waals surface area contributed by atoms with Crippen LogP contribution in [-0.4, -0.2) is 24.6 Å². The number of aromatic amines is 1. The van der Waals surface area contributed by atoms with Crippen molar-refractivity contribution in [3.05, 3.63) is 65.1 Å². The molecule has 24 heavy (non-hydrogen) atoms. The van der Waals surface area contributed by atoms with Crippen LogP contribution in [0.3, 0.4) is 0 Å². The fourth-order valence-corrected chi connectivity index (χ4v) is 3.23. The molecule has 4 rings (SSSR count). The number of pyridine rings is 1. The van der Waals surface area contributed by atoms with E-state index in [4.69, 9.17) is 11.6 Å². The first kappa shape index (κ1) is 15.2. The fourth-order valence-electron chi connectivity index (χ4n) is 2.38. The number of fused-ring (bicyclic) bond motifs is 1. The normalized spacial score (nSPS) is 11.2. The molecule has 0 unspecified atom stereocenters. The van der Waals surface area contributed by atoms with Crippen LogP contribution in [0, 0.1) is 6.92 Å². The van der Waals surface area contributed by atoms with Gasteiger partial charge in [0.05, 0.1) is 10.7 Å². The molecular formula is C17H14ClN5S. The summed E-state index contributed by atoms with van der Waals surface area (Å²) in [6.07, 6.45) is 3.82. The van der Waals surface area contributed by atoms with Crippen molar-refractivity contribution in [2.24, 2.45) is 0 Å². The first-order chi connectivity index (χ1) is 11.7. The van der Waals surface area contributed by atoms with E-state index in [9.17, 15) is 0 Å². The largest absolute Gasteiger partial charge is 0.305 e. The van der Waals surface area contributed by atoms with Crippen LogP contribution in [0.2, 0.25) is 5.02 Å². The molecule has 3 aromatic heterocycles. The summed E-state index contributed by atoms with van der Waals surface area (Å²) in [5.41, 5.74) is 4.09. The number of thioether (sulfide) groups is 1. The van der Waals surface area contributed by atoms with E-state index in [2.05, 4.69) is 39.2 Å². The lowest BCUT2D eigenvalue weighted by Crippen LogP contribution is -1.82. The van der Waals surface area contributed by atoms with Gasteiger partial charge in [-0.3, -0.25) is 5.10 Å². The molecule has 0 radical (unpaired) electrons. The maximum Gasteiger partial charge on any atom is 0.209 e. The molecule has 120 valence electrons. The number of hydrogen-bond donors (Lipinski definition) is 1. The molecule has 0 saturated heterocycles. The Labute approximate surface area is 148 Å². The Balaban J connectivity index is 1.48. The van der Waals surface area contributed by atoms with Gasteiger partial charge >= 0.3 is 0 Å². The van der Waals surface area contributed by atoms with Gasteiger partial charge in [0.25, 0.3) is 0 Å². The van der Waals surface area contributed by atoms with Crippen LogP contribution in [0.1, 0.15) is 11.3 Å². The van der Waals surface area contributed by atoms with Gasteiger partial charge in [-0.05, 0) is 19.1 Å². The molecule has 0 bridgehead atoms. The Bertz CT molecular complexity index is 990. The van der Waals surface area contributed by atoms with Gasteiger partial charge in [0.15, 0.2) is 5.82 Å². The lowest BCUT2D eigenvalue weighted by atomic mass is 10.1. The Morgan fingerprint density at radius 1 is 1.08 bits per heavy atom. The van der Waals surface area contributed by atoms with Crippen LogP contribution < -0.4 is 0 Å². The van der Waals surface area contributed by atoms with Crippen molar-refractivity contribution in [1.29, 1.82) is 0 Å². The summed E-state index contributed by atoms with van der Waals surface area (Å²) < 4.78 is 1.92. The predicted molar refractivity (Wildman–Crippen MR) is 96.3 cm³/mol. The maximum absolute atomic E-state index is 5.99. The topological polar surface area (TPSA) is 58.9 Å². The van der Waals surface area contributed by atoms with Gasteiger partial charge < -0.3 is 4.40 Å². The van der Waals surface area contributed by atoms with Gasteiger partial charge in [0.2, 0.25) is 5.16 Å². The number of nitrogens with zero attached hydrogens (tertiary/aromatic N) is 4. The molecule has 0 saturated carbocycles. The summed E-state index contributed by atoms with van der Waals surface area (Å²) in [5.74, 6) is 1.48. The first-order valence-electron chi connectivity index (χ1n) is 7.43. The highest BCUT2D eigenvalue weighted by atomic mass is 35.5. The second-order valence-corrected chi connectivity index (χ2v) is 6.85. The minimum Gasteiger partial charge on any atom is -0.305 e. The summed E-state index contributed by atoms with van der Waals surface area (Å²) in [7, 11) is 0. The first-order valence-corrected chi connectivity index (χ1v) is 8.79. The van der Waals surface area contributed by atoms with E-state index >= 15 is 0 Å². The smallest absolute Gasteiger partial charge is 0.209 e. The molecule has 1 aromatic carbocycles. The van der Waals surface area contributed by atoms with E-state index in [-0.39, 0.29) is 0 Å². The third kappa shape index (κ3) is 3.16. The fraction of sp³-hybridized carbons (Fsp3) is 0.118. The summed E-state index contributed by atoms with van der Waals surface area (Å²) in [6.45, 7) is 2.06. The van der Waals surface area contributed by atoms with Crippen LogP contribution in [0.5, 0.6) is 0 Å². The van der Waals surface area contributed by atoms with Gasteiger partial charge in [0.1, 0.15) is 5.65 Å². The van der Waals surface area contributed by atoms with Crippen LogP contribution in [0.25, 0.3) is 17.0 Å². The Morgan fingerprint density at radius 2 is 1.92 bits per heavy atom. The number of benzene rings is 1. The van der Waals surface area contributed by atoms with Crippen LogP contribution in [0.15, 0.2) is 53.9 Å². The monoisotopic (exact) mass is 355 g/mol. The molecule has 0 fully saturated rings. The number of nitrogens with one attached hydrogen (secondary N) is 1. The van der Waals surface area contributed by atoms with Crippen molar-refractivity contribution in [3.8, 4) is 11.4 Å². The van der Waals surface area contributed by atoms with E-state index in [0.717, 1.165) is 22.7 Å². The SMILES string of the molecule is Cc1ccc(-c2nc(SCc3cn4cc(Cl)ccc4n3)n[nH]2)cc1. The van der Waals surface area contributed by atoms with Gasteiger partial charge in [-0.1, -0.05) is 53.2 Å². The highest BCUT2D eigenvalue weighted by molar-refractivity contribution is 7.98. The molecular weight excluding hydrogens is 342 g/mol. The van der Waals surface area contributed by atoms with Gasteiger partial charge in [-0.25, -0.2) is 9.97 Å². The Morgan fingerprint density at radius 3 is 2.75 bits per heavy atom. The van der Waals surface area contributed by atoms with Crippen molar-refractivity contribution in [2.75, 3.05) is 0 Å². The second-order valence-electron chi connectivity index (χ2n) is 5.47. The molecule has 0 aliphatic carbocycles. The number of H-pyrrole nitrogens is 1. The average molecular weight is 356 g/mol. The lowest BCUT2D eigenvalue weighted by Gasteiger charge is -1.96. The molecule has 3 heterocycles. The van der Waals surface area contributed by atoms with Gasteiger partial charge in [0, 0.05) is 23.7 Å². The number of imidazole rings is 1. The highest BCUT2D eigenvalue weighted by Gasteiger charge is 2.08. The minimum atomic E-state index is 0.691. The molecule has 0 spiro atoms. The van der Waals surface area contributed by atoms with Gasteiger partial charge in [-0.2, -0.15) is 0 Å². The molecule has 0 aliphatic heterocycles. The average Bonchev–Trinajstić information content (AvgIpc) is 3.19. The number of aryl methyl sites for hydroxylation is 1. The quantitative estimate of drug-likeness (QED) is 0.552. The zero-order chi connectivity index (χ0) is 16.5. The van der Waals surface area contributed by atoms with Crippen molar-refractivity contribution < 1.29 is 0 Å². The van der Waals surface area contributed by atoms with E-state index in [1.54, 1.807) is 11.8 Å². The standard InChI is InChI=1S/C17H14ClN5S/c1-11-2-4-12(5-3-11)16-20-17(22-21-16)24-10-14-9-23-8-13(18)6-7-15(23)19-14/h2-9H,10H2,1H3,(H,20,21,22). The summed E-state index contributed by atoms with van der Waals surface area (Å²) in [5, 5.41) is 8.66. The van der Waals surface area contributed by atoms with E-state index in [1.165, 1.54) is 5.56 Å². The summed E-state index contributed by atoms with van der Waals surface area (Å²) in [6, 6.07) is 11.9. The number of aromatic nitrogens is 5. The third-order valence-electron chi connectivity index (χ3n) is 3.60. The lowest BCUT2D eigenvalue weighted by molar-refractivity contribution is 0.972. The molecule has 4 aromatic rings. The van der Waals surface area contributed by atoms with Gasteiger partial charge in [-0.15, -0.1) is 5.10 Å². The van der Waals surface area contributed by atoms with Crippen LogP contribution >= 0.6 is 23.4 Å². The Kier molecular flexibility index (Phi) is 4.00. The van der Waals surface area contributed by atoms with Crippen molar-refractivity contribution in [1.82, 2.24) is 24.6 Å². The van der Waals surface area contributed by atoms with E-state index in [0.29, 0.717) is 15.9 Å². The van der Waals surface area contributed by atoms with E-state index < -0.39 is 0 Å². The van der Waals surface area contributed by atoms with E-state index in [1.807, 2.05) is 41.1 Å². The maximum atomic E-state index is 5.99. The van der Waals surface area contributed by atoms with Crippen molar-refractivity contribution >= 4 is 29.0 Å². The molecule has 5 nitrogen and oxygen atoms in total. The zero-order valence-corrected chi connectivity index (χ0v) is 14.5. The number of hydrogen-bond acceptors (Lipinski definition) is 4. The zero-order valence-electron chi connectivity index (χ0n) is 12.9. The molecule has 7 heteroatoms. The highest BCUT2D eigenvalue weighted by Crippen LogP contribution is 2.23. The van der Waals surface area contributed by atoms with Crippen LogP contribution in [0.4, 0.5) is 0 Å². The molecule has 0 aliphatic rings. The molecule has 0 atom stereocenters. The van der Waals surface area contributed by atoms with Crippen LogP contribution in [-0.2, 0) is 5.75 Å². The summed E-state index contributed by atoms with van der Waals surface area (Å²) >= 11 is 7.54. The third-order valence-corrected chi connectivity index (χ3v) is 4.71. The van der Waals surface area contributed by atoms with Crippen molar-refractivity contribution in [3.63, 3.8) is 0 Å². The molecule has 1 N–H and O–H groups in total. The van der Waals surface area contributed by atoms with Crippen molar-refractivity contribution in [2.45, 2.75) is 17.8 Å².